The lowest BCUT2D eigenvalue weighted by atomic mass is 10.1. The molecule has 7 nitrogen and oxygen atoms in total. The van der Waals surface area contributed by atoms with E-state index in [-0.39, 0.29) is 5.91 Å². The molecule has 140 valence electrons. The van der Waals surface area contributed by atoms with Crippen molar-refractivity contribution in [3.05, 3.63) is 30.0 Å². The van der Waals surface area contributed by atoms with Gasteiger partial charge in [-0.25, -0.2) is 0 Å². The van der Waals surface area contributed by atoms with Crippen LogP contribution in [-0.4, -0.2) is 72.4 Å². The molecular weight excluding hydrogens is 332 g/mol. The molecule has 1 saturated heterocycles. The first-order chi connectivity index (χ1) is 12.6. The second kappa shape index (κ2) is 7.78. The molecule has 0 saturated carbocycles. The zero-order valence-corrected chi connectivity index (χ0v) is 15.9. The second-order valence-corrected chi connectivity index (χ2v) is 6.33. The number of methoxy groups -OCH3 is 2. The molecule has 1 aliphatic heterocycles. The highest BCUT2D eigenvalue weighted by atomic mass is 16.5. The third kappa shape index (κ3) is 3.53. The molecule has 7 heteroatoms. The molecule has 2 aromatic rings. The Bertz CT molecular complexity index is 779. The molecule has 1 amide bonds. The van der Waals surface area contributed by atoms with Gasteiger partial charge in [0.05, 0.1) is 19.9 Å². The van der Waals surface area contributed by atoms with Crippen molar-refractivity contribution in [2.45, 2.75) is 6.92 Å². The van der Waals surface area contributed by atoms with Gasteiger partial charge in [0.15, 0.2) is 5.69 Å². The molecule has 26 heavy (non-hydrogen) atoms. The summed E-state index contributed by atoms with van der Waals surface area (Å²) in [7, 11) is 5.08. The fourth-order valence-corrected chi connectivity index (χ4v) is 3.27. The van der Waals surface area contributed by atoms with Gasteiger partial charge in [-0.2, -0.15) is 5.10 Å². The van der Waals surface area contributed by atoms with Gasteiger partial charge < -0.3 is 19.3 Å². The van der Waals surface area contributed by atoms with Crippen molar-refractivity contribution in [1.82, 2.24) is 19.6 Å². The van der Waals surface area contributed by atoms with Crippen LogP contribution in [-0.2, 0) is 7.05 Å². The van der Waals surface area contributed by atoms with E-state index in [0.717, 1.165) is 49.7 Å². The molecule has 1 aromatic carbocycles. The minimum atomic E-state index is -0.0236. The van der Waals surface area contributed by atoms with Crippen molar-refractivity contribution in [2.24, 2.45) is 7.05 Å². The Morgan fingerprint density at radius 2 is 1.85 bits per heavy atom. The third-order valence-electron chi connectivity index (χ3n) is 4.89. The van der Waals surface area contributed by atoms with E-state index in [2.05, 4.69) is 16.9 Å². The molecule has 1 fully saturated rings. The van der Waals surface area contributed by atoms with Crippen LogP contribution in [0.4, 0.5) is 0 Å². The number of carbonyl (C=O) groups excluding carboxylic acids is 1. The highest BCUT2D eigenvalue weighted by molar-refractivity contribution is 5.93. The van der Waals surface area contributed by atoms with Crippen LogP contribution in [0.3, 0.4) is 0 Å². The average molecular weight is 358 g/mol. The summed E-state index contributed by atoms with van der Waals surface area (Å²) in [5, 5.41) is 4.45. The Kier molecular flexibility index (Phi) is 5.46. The van der Waals surface area contributed by atoms with Crippen molar-refractivity contribution >= 4 is 5.91 Å². The van der Waals surface area contributed by atoms with Crippen LogP contribution in [0.2, 0.25) is 0 Å². The Labute approximate surface area is 154 Å². The molecule has 1 aromatic heterocycles. The predicted molar refractivity (Wildman–Crippen MR) is 99.8 cm³/mol. The third-order valence-corrected chi connectivity index (χ3v) is 4.89. The van der Waals surface area contributed by atoms with E-state index in [4.69, 9.17) is 9.47 Å². The zero-order chi connectivity index (χ0) is 18.7. The molecule has 0 radical (unpaired) electrons. The molecule has 0 atom stereocenters. The Balaban J connectivity index is 1.87. The number of likely N-dealkylation sites (N-methyl/N-ethyl adjacent to an activating group) is 1. The maximum atomic E-state index is 12.8. The molecule has 2 heterocycles. The summed E-state index contributed by atoms with van der Waals surface area (Å²) in [5.74, 6) is 1.42. The van der Waals surface area contributed by atoms with E-state index < -0.39 is 0 Å². The maximum absolute atomic E-state index is 12.8. The average Bonchev–Trinajstić information content (AvgIpc) is 3.08. The number of benzene rings is 1. The number of ether oxygens (including phenoxy) is 2. The van der Waals surface area contributed by atoms with Crippen LogP contribution in [0, 0.1) is 0 Å². The summed E-state index contributed by atoms with van der Waals surface area (Å²) < 4.78 is 12.5. The van der Waals surface area contributed by atoms with E-state index >= 15 is 0 Å². The molecular formula is C19H26N4O3. The fourth-order valence-electron chi connectivity index (χ4n) is 3.27. The quantitative estimate of drug-likeness (QED) is 0.817. The first kappa shape index (κ1) is 18.3. The van der Waals surface area contributed by atoms with Crippen LogP contribution < -0.4 is 9.47 Å². The van der Waals surface area contributed by atoms with Crippen LogP contribution in [0.1, 0.15) is 17.4 Å². The molecule has 0 N–H and O–H groups in total. The van der Waals surface area contributed by atoms with Crippen molar-refractivity contribution in [3.63, 3.8) is 0 Å². The summed E-state index contributed by atoms with van der Waals surface area (Å²) in [6.45, 7) is 6.45. The molecule has 1 aliphatic rings. The minimum absolute atomic E-state index is 0.0236. The van der Waals surface area contributed by atoms with Gasteiger partial charge in [-0.15, -0.1) is 0 Å². The number of rotatable bonds is 5. The Morgan fingerprint density at radius 1 is 1.12 bits per heavy atom. The van der Waals surface area contributed by atoms with Crippen molar-refractivity contribution in [3.8, 4) is 22.8 Å². The van der Waals surface area contributed by atoms with Gasteiger partial charge in [-0.1, -0.05) is 6.92 Å². The fraction of sp³-hybridized carbons (Fsp3) is 0.474. The monoisotopic (exact) mass is 358 g/mol. The van der Waals surface area contributed by atoms with Gasteiger partial charge in [-0.05, 0) is 30.8 Å². The molecule has 0 bridgehead atoms. The van der Waals surface area contributed by atoms with Gasteiger partial charge in [-0.3, -0.25) is 9.48 Å². The van der Waals surface area contributed by atoms with Crippen molar-refractivity contribution in [2.75, 3.05) is 46.9 Å². The van der Waals surface area contributed by atoms with Gasteiger partial charge in [0.1, 0.15) is 11.5 Å². The van der Waals surface area contributed by atoms with E-state index in [0.29, 0.717) is 11.4 Å². The predicted octanol–water partition coefficient (Wildman–Crippen LogP) is 1.88. The van der Waals surface area contributed by atoms with Crippen molar-refractivity contribution < 1.29 is 14.3 Å². The number of nitrogens with zero attached hydrogens (tertiary/aromatic N) is 4. The van der Waals surface area contributed by atoms with Gasteiger partial charge in [0.2, 0.25) is 0 Å². The number of piperazine rings is 1. The lowest BCUT2D eigenvalue weighted by molar-refractivity contribution is 0.0637. The smallest absolute Gasteiger partial charge is 0.274 e. The van der Waals surface area contributed by atoms with Crippen molar-refractivity contribution in [1.29, 1.82) is 0 Å². The summed E-state index contributed by atoms with van der Waals surface area (Å²) in [6, 6.07) is 7.42. The van der Waals surface area contributed by atoms with Crippen LogP contribution in [0.15, 0.2) is 24.3 Å². The van der Waals surface area contributed by atoms with Gasteiger partial charge >= 0.3 is 0 Å². The topological polar surface area (TPSA) is 59.8 Å². The van der Waals surface area contributed by atoms with Gasteiger partial charge in [0.25, 0.3) is 5.91 Å². The van der Waals surface area contributed by atoms with E-state index in [1.54, 1.807) is 18.9 Å². The lowest BCUT2D eigenvalue weighted by Gasteiger charge is -2.33. The zero-order valence-electron chi connectivity index (χ0n) is 15.9. The first-order valence-electron chi connectivity index (χ1n) is 8.85. The highest BCUT2D eigenvalue weighted by Gasteiger charge is 2.24. The first-order valence-corrected chi connectivity index (χ1v) is 8.85. The maximum Gasteiger partial charge on any atom is 0.274 e. The number of hydrogen-bond donors (Lipinski definition) is 0. The van der Waals surface area contributed by atoms with Gasteiger partial charge in [0, 0.05) is 38.8 Å². The summed E-state index contributed by atoms with van der Waals surface area (Å²) >= 11 is 0. The summed E-state index contributed by atoms with van der Waals surface area (Å²) in [4.78, 5) is 17.1. The molecule has 3 rings (SSSR count). The second-order valence-electron chi connectivity index (χ2n) is 6.33. The number of hydrogen-bond acceptors (Lipinski definition) is 5. The van der Waals surface area contributed by atoms with E-state index in [1.807, 2.05) is 36.2 Å². The molecule has 0 unspecified atom stereocenters. The lowest BCUT2D eigenvalue weighted by Crippen LogP contribution is -2.48. The number of amides is 1. The number of aryl methyl sites for hydroxylation is 1. The summed E-state index contributed by atoms with van der Waals surface area (Å²) in [5.41, 5.74) is 2.12. The van der Waals surface area contributed by atoms with Crippen LogP contribution in [0.25, 0.3) is 11.3 Å². The minimum Gasteiger partial charge on any atom is -0.497 e. The molecule has 0 aliphatic carbocycles. The van der Waals surface area contributed by atoms with Crippen LogP contribution >= 0.6 is 0 Å². The van der Waals surface area contributed by atoms with E-state index in [9.17, 15) is 4.79 Å². The number of aromatic nitrogens is 2. The van der Waals surface area contributed by atoms with E-state index in [1.165, 1.54) is 0 Å². The Hall–Kier alpha value is -2.54. The normalized spacial score (nSPS) is 15.2. The van der Waals surface area contributed by atoms with Crippen LogP contribution in [0.5, 0.6) is 11.5 Å². The number of carbonyl (C=O) groups is 1. The SMILES string of the molecule is CCN1CCN(C(=O)c2cc(-c3cc(OC)ccc3OC)n(C)n2)CC1. The highest BCUT2D eigenvalue weighted by Crippen LogP contribution is 2.33. The summed E-state index contributed by atoms with van der Waals surface area (Å²) in [6.07, 6.45) is 0. The molecule has 0 spiro atoms. The largest absolute Gasteiger partial charge is 0.497 e. The standard InChI is InChI=1S/C19H26N4O3/c1-5-22-8-10-23(11-9-22)19(24)16-13-17(21(2)20-16)15-12-14(25-3)6-7-18(15)26-4/h6-7,12-13H,5,8-11H2,1-4H3. The Morgan fingerprint density at radius 3 is 2.46 bits per heavy atom.